The molecule has 9 heteroatoms. The number of carbonyl (C=O) groups is 1. The van der Waals surface area contributed by atoms with Gasteiger partial charge in [0.15, 0.2) is 0 Å². The summed E-state index contributed by atoms with van der Waals surface area (Å²) < 4.78 is 31.7. The fourth-order valence-electron chi connectivity index (χ4n) is 0. The fourth-order valence-corrected chi connectivity index (χ4v) is 0. The van der Waals surface area contributed by atoms with E-state index in [1.807, 2.05) is 0 Å². The summed E-state index contributed by atoms with van der Waals surface area (Å²) in [6.45, 7) is 0. The number of hydrogen-bond donors (Lipinski definition) is 1. The lowest BCUT2D eigenvalue weighted by molar-refractivity contribution is -0.192. The summed E-state index contributed by atoms with van der Waals surface area (Å²) >= 11 is 19.1. The monoisotopic (exact) mass is 282 g/mol. The molecule has 0 rings (SSSR count). The number of carboxylic acids is 1. The Balaban J connectivity index is -0.000000140. The molecule has 13 heavy (non-hydrogen) atoms. The van der Waals surface area contributed by atoms with E-state index in [9.17, 15) is 13.2 Å². The highest BCUT2D eigenvalue weighted by atomic mass is 35.5. The van der Waals surface area contributed by atoms with Gasteiger partial charge in [0.1, 0.15) is 0 Å². The van der Waals surface area contributed by atoms with Crippen molar-refractivity contribution in [1.29, 1.82) is 0 Å². The zero-order valence-electron chi connectivity index (χ0n) is 5.92. The van der Waals surface area contributed by atoms with Crippen molar-refractivity contribution in [1.82, 2.24) is 0 Å². The van der Waals surface area contributed by atoms with Crippen LogP contribution in [0.2, 0.25) is 0 Å². The van der Waals surface area contributed by atoms with Crippen molar-refractivity contribution >= 4 is 52.4 Å². The number of carboxylic acid groups (broad SMARTS) is 1. The van der Waals surface area contributed by atoms with Gasteiger partial charge in [-0.2, -0.15) is 13.2 Å². The first-order valence-electron chi connectivity index (χ1n) is 2.31. The molecule has 0 bridgehead atoms. The lowest BCUT2D eigenvalue weighted by Gasteiger charge is -1.93. The molecule has 0 aromatic rings. The summed E-state index contributed by atoms with van der Waals surface area (Å²) in [5, 5.41) is 7.51. The van der Waals surface area contributed by atoms with Crippen LogP contribution in [0.5, 0.6) is 0 Å². The lowest BCUT2D eigenvalue weighted by atomic mass is 10.7. The van der Waals surface area contributed by atoms with E-state index in [4.69, 9.17) is 56.3 Å². The van der Waals surface area contributed by atoms with E-state index in [0.717, 1.165) is 0 Å². The Bertz CT molecular complexity index is 116. The van der Waals surface area contributed by atoms with Gasteiger partial charge < -0.3 is 5.11 Å². The number of rotatable bonds is 0. The predicted octanol–water partition coefficient (Wildman–Crippen LogP) is 3.48. The molecular formula is C4H5Cl4F3O2. The van der Waals surface area contributed by atoms with Gasteiger partial charge in [-0.15, -0.1) is 46.4 Å². The lowest BCUT2D eigenvalue weighted by Crippen LogP contribution is -2.21. The van der Waals surface area contributed by atoms with E-state index < -0.39 is 12.1 Å². The highest BCUT2D eigenvalue weighted by Crippen LogP contribution is 2.13. The summed E-state index contributed by atoms with van der Waals surface area (Å²) in [5.41, 5.74) is 0. The molecule has 0 aromatic heterocycles. The first-order chi connectivity index (χ1) is 5.77. The molecule has 0 saturated carbocycles. The van der Waals surface area contributed by atoms with Gasteiger partial charge in [-0.3, -0.25) is 0 Å². The van der Waals surface area contributed by atoms with E-state index >= 15 is 0 Å². The van der Waals surface area contributed by atoms with Crippen molar-refractivity contribution in [2.45, 2.75) is 6.18 Å². The van der Waals surface area contributed by atoms with Crippen LogP contribution in [-0.4, -0.2) is 27.9 Å². The number of hydrogen-bond acceptors (Lipinski definition) is 1. The molecule has 0 aliphatic carbocycles. The smallest absolute Gasteiger partial charge is 0.475 e. The SMILES string of the molecule is ClCCl.ClCCl.O=C(O)C(F)(F)F. The van der Waals surface area contributed by atoms with Gasteiger partial charge in [0.05, 0.1) is 10.7 Å². The van der Waals surface area contributed by atoms with Crippen LogP contribution < -0.4 is 0 Å². The maximum Gasteiger partial charge on any atom is 0.490 e. The van der Waals surface area contributed by atoms with Crippen LogP contribution in [0.3, 0.4) is 0 Å². The summed E-state index contributed by atoms with van der Waals surface area (Å²) in [6.07, 6.45) is -5.08. The van der Waals surface area contributed by atoms with Crippen molar-refractivity contribution in [2.24, 2.45) is 0 Å². The van der Waals surface area contributed by atoms with Crippen molar-refractivity contribution in [3.63, 3.8) is 0 Å². The predicted molar refractivity (Wildman–Crippen MR) is 46.8 cm³/mol. The van der Waals surface area contributed by atoms with Crippen molar-refractivity contribution < 1.29 is 23.1 Å². The molecule has 0 spiro atoms. The first-order valence-corrected chi connectivity index (χ1v) is 4.45. The largest absolute Gasteiger partial charge is 0.490 e. The minimum absolute atomic E-state index is 0.194. The molecule has 2 nitrogen and oxygen atoms in total. The third kappa shape index (κ3) is 32.7. The van der Waals surface area contributed by atoms with Gasteiger partial charge in [0.25, 0.3) is 0 Å². The molecule has 0 atom stereocenters. The summed E-state index contributed by atoms with van der Waals surface area (Å²) in [4.78, 5) is 8.90. The second kappa shape index (κ2) is 12.4. The molecule has 1 N–H and O–H groups in total. The van der Waals surface area contributed by atoms with Gasteiger partial charge in [-0.1, -0.05) is 0 Å². The van der Waals surface area contributed by atoms with E-state index in [0.29, 0.717) is 0 Å². The third-order valence-corrected chi connectivity index (χ3v) is 0.243. The number of aliphatic carboxylic acids is 1. The molecule has 0 fully saturated rings. The molecule has 0 heterocycles. The topological polar surface area (TPSA) is 37.3 Å². The summed E-state index contributed by atoms with van der Waals surface area (Å²) in [7, 11) is 0. The minimum atomic E-state index is -5.08. The van der Waals surface area contributed by atoms with Crippen LogP contribution in [-0.2, 0) is 4.79 Å². The van der Waals surface area contributed by atoms with E-state index in [1.54, 1.807) is 0 Å². The van der Waals surface area contributed by atoms with Crippen LogP contribution in [0, 0.1) is 0 Å². The number of halogens is 7. The normalized spacial score (nSPS) is 8.85. The standard InChI is InChI=1S/C2HF3O2.2CH2Cl2/c3-2(4,5)1(6)7;2*2-1-3/h(H,6,7);2*1H2. The van der Waals surface area contributed by atoms with Crippen LogP contribution in [0.25, 0.3) is 0 Å². The summed E-state index contributed by atoms with van der Waals surface area (Å²) in [6, 6.07) is 0. The Kier molecular flexibility index (Phi) is 18.2. The quantitative estimate of drug-likeness (QED) is 0.691. The second-order valence-corrected chi connectivity index (χ2v) is 2.62. The highest BCUT2D eigenvalue weighted by Gasteiger charge is 2.38. The molecule has 0 saturated heterocycles. The van der Waals surface area contributed by atoms with Crippen LogP contribution in [0.1, 0.15) is 0 Å². The second-order valence-electron chi connectivity index (χ2n) is 1.00. The molecule has 0 aliphatic heterocycles. The van der Waals surface area contributed by atoms with Crippen LogP contribution in [0.15, 0.2) is 0 Å². The Morgan fingerprint density at radius 3 is 1.15 bits per heavy atom. The Morgan fingerprint density at radius 2 is 1.15 bits per heavy atom. The van der Waals surface area contributed by atoms with E-state index in [-0.39, 0.29) is 10.7 Å². The molecule has 0 radical (unpaired) electrons. The average Bonchev–Trinajstić information content (AvgIpc) is 1.88. The maximum atomic E-state index is 10.6. The van der Waals surface area contributed by atoms with Crippen molar-refractivity contribution in [3.8, 4) is 0 Å². The van der Waals surface area contributed by atoms with E-state index in [2.05, 4.69) is 0 Å². The maximum absolute atomic E-state index is 10.6. The molecule has 0 unspecified atom stereocenters. The Hall–Kier alpha value is 0.420. The number of alkyl halides is 7. The zero-order valence-corrected chi connectivity index (χ0v) is 8.94. The Labute approximate surface area is 92.5 Å². The van der Waals surface area contributed by atoms with Gasteiger partial charge in [-0.25, -0.2) is 4.79 Å². The van der Waals surface area contributed by atoms with Gasteiger partial charge in [0, 0.05) is 0 Å². The van der Waals surface area contributed by atoms with Crippen LogP contribution in [0.4, 0.5) is 13.2 Å². The third-order valence-electron chi connectivity index (χ3n) is 0.243. The molecule has 82 valence electrons. The molecule has 0 amide bonds. The minimum Gasteiger partial charge on any atom is -0.475 e. The van der Waals surface area contributed by atoms with Gasteiger partial charge >= 0.3 is 12.1 Å². The summed E-state index contributed by atoms with van der Waals surface area (Å²) in [5.74, 6) is -2.76. The van der Waals surface area contributed by atoms with Gasteiger partial charge in [-0.05, 0) is 0 Å². The molecule has 0 aliphatic rings. The zero-order chi connectivity index (χ0) is 11.5. The highest BCUT2D eigenvalue weighted by molar-refractivity contribution is 6.40. The van der Waals surface area contributed by atoms with Crippen LogP contribution >= 0.6 is 46.4 Å². The molecular weight excluding hydrogens is 279 g/mol. The van der Waals surface area contributed by atoms with Crippen molar-refractivity contribution in [2.75, 3.05) is 10.7 Å². The average molecular weight is 284 g/mol. The van der Waals surface area contributed by atoms with E-state index in [1.165, 1.54) is 0 Å². The Morgan fingerprint density at radius 1 is 1.08 bits per heavy atom. The molecule has 0 aromatic carbocycles. The fraction of sp³-hybridized carbons (Fsp3) is 0.750. The van der Waals surface area contributed by atoms with Crippen molar-refractivity contribution in [3.05, 3.63) is 0 Å². The first kappa shape index (κ1) is 19.1. The van der Waals surface area contributed by atoms with Gasteiger partial charge in [0.2, 0.25) is 0 Å².